The second kappa shape index (κ2) is 11.2. The number of hydrogen-bond acceptors (Lipinski definition) is 8. The quantitative estimate of drug-likeness (QED) is 0.247. The zero-order valence-electron chi connectivity index (χ0n) is 26.2. The molecule has 13 heteroatoms. The Bertz CT molecular complexity index is 2130. The molecule has 1 unspecified atom stereocenters. The number of benzene rings is 1. The zero-order valence-corrected chi connectivity index (χ0v) is 27.0. The number of para-hydroxylation sites is 1. The molecule has 1 saturated heterocycles. The Morgan fingerprint density at radius 2 is 1.98 bits per heavy atom. The van der Waals surface area contributed by atoms with Gasteiger partial charge in [0.05, 0.1) is 48.9 Å². The summed E-state index contributed by atoms with van der Waals surface area (Å²) in [6.07, 6.45) is 9.17. The third kappa shape index (κ3) is 4.58. The molecule has 0 aliphatic carbocycles. The lowest BCUT2D eigenvalue weighted by atomic mass is 9.86. The second-order valence-electron chi connectivity index (χ2n) is 12.2. The molecule has 238 valence electrons. The van der Waals surface area contributed by atoms with E-state index in [1.165, 1.54) is 27.1 Å². The van der Waals surface area contributed by atoms with Gasteiger partial charge in [-0.25, -0.2) is 18.4 Å². The molecule has 46 heavy (non-hydrogen) atoms. The number of carbonyl (C=O) groups is 1. The van der Waals surface area contributed by atoms with Gasteiger partial charge in [-0.2, -0.15) is 14.7 Å². The number of H-pyrrole nitrogens is 1. The number of ether oxygens (including phenoxy) is 1. The van der Waals surface area contributed by atoms with Crippen molar-refractivity contribution < 1.29 is 17.9 Å². The first kappa shape index (κ1) is 30.3. The van der Waals surface area contributed by atoms with Crippen LogP contribution >= 0.6 is 0 Å². The van der Waals surface area contributed by atoms with E-state index in [9.17, 15) is 18.5 Å². The molecule has 1 N–H and O–H groups in total. The number of sulfonamides is 1. The summed E-state index contributed by atoms with van der Waals surface area (Å²) in [6.45, 7) is 6.70. The van der Waals surface area contributed by atoms with Crippen molar-refractivity contribution in [2.75, 3.05) is 25.4 Å². The van der Waals surface area contributed by atoms with E-state index in [2.05, 4.69) is 58.2 Å². The predicted octanol–water partition coefficient (Wildman–Crippen LogP) is 4.52. The van der Waals surface area contributed by atoms with Gasteiger partial charge in [-0.1, -0.05) is 32.0 Å². The second-order valence-corrected chi connectivity index (χ2v) is 14.5. The van der Waals surface area contributed by atoms with Gasteiger partial charge >= 0.3 is 0 Å². The molecule has 1 aromatic carbocycles. The third-order valence-corrected chi connectivity index (χ3v) is 11.6. The van der Waals surface area contributed by atoms with Gasteiger partial charge in [-0.3, -0.25) is 14.0 Å². The molecule has 6 heterocycles. The number of hydrogen-bond donors (Lipinski definition) is 1. The van der Waals surface area contributed by atoms with E-state index in [0.717, 1.165) is 24.1 Å². The van der Waals surface area contributed by atoms with Crippen molar-refractivity contribution >= 4 is 37.9 Å². The van der Waals surface area contributed by atoms with Gasteiger partial charge in [0.2, 0.25) is 15.9 Å². The topological polar surface area (TPSA) is 152 Å². The smallest absolute Gasteiger partial charge is 0.235 e. The van der Waals surface area contributed by atoms with Crippen LogP contribution in [0.15, 0.2) is 49.2 Å². The molecule has 1 fully saturated rings. The molecular weight excluding hydrogens is 604 g/mol. The number of carbonyl (C=O) groups excluding carboxylic acids is 1. The fourth-order valence-electron chi connectivity index (χ4n) is 7.13. The molecule has 7 rings (SSSR count). The van der Waals surface area contributed by atoms with E-state index in [1.807, 2.05) is 6.07 Å². The highest BCUT2D eigenvalue weighted by molar-refractivity contribution is 7.89. The predicted molar refractivity (Wildman–Crippen MR) is 173 cm³/mol. The maximum absolute atomic E-state index is 14.0. The van der Waals surface area contributed by atoms with Crippen LogP contribution in [-0.4, -0.2) is 73.4 Å². The lowest BCUT2D eigenvalue weighted by Crippen LogP contribution is -2.64. The summed E-state index contributed by atoms with van der Waals surface area (Å²) in [7, 11) is -3.37. The monoisotopic (exact) mass is 640 g/mol. The van der Waals surface area contributed by atoms with Crippen molar-refractivity contribution in [2.24, 2.45) is 0 Å². The Labute approximate surface area is 267 Å². The zero-order chi connectivity index (χ0) is 32.3. The van der Waals surface area contributed by atoms with Gasteiger partial charge in [-0.05, 0) is 43.4 Å². The highest BCUT2D eigenvalue weighted by Gasteiger charge is 2.50. The standard InChI is InChI=1S/C33H36N8O4S/c1-4-22-8-7-9-24-25-11-15-45-33(5-2,30(25)38-29(22)24)16-27(42)40-14-10-26-28(35-21-36-31(26)40)23-17-37-41(18-23)32(12-13-34)19-39(20-32)46(43,44)6-3/h7-10,14,17-18,21,38H,4-6,11-12,15-16,19-20H2,1-3H3. The summed E-state index contributed by atoms with van der Waals surface area (Å²) in [5.41, 5.74) is 4.78. The van der Waals surface area contributed by atoms with E-state index in [1.54, 1.807) is 34.8 Å². The third-order valence-electron chi connectivity index (χ3n) is 9.80. The van der Waals surface area contributed by atoms with E-state index in [0.29, 0.717) is 35.3 Å². The van der Waals surface area contributed by atoms with Crippen molar-refractivity contribution in [2.45, 2.75) is 64.0 Å². The summed E-state index contributed by atoms with van der Waals surface area (Å²) in [6, 6.07) is 10.4. The van der Waals surface area contributed by atoms with Gasteiger partial charge in [-0.15, -0.1) is 0 Å². The van der Waals surface area contributed by atoms with Crippen molar-refractivity contribution in [3.8, 4) is 17.3 Å². The maximum atomic E-state index is 14.0. The molecular formula is C33H36N8O4S. The highest BCUT2D eigenvalue weighted by atomic mass is 32.2. The summed E-state index contributed by atoms with van der Waals surface area (Å²) in [5, 5.41) is 16.0. The van der Waals surface area contributed by atoms with Crippen LogP contribution in [0.4, 0.5) is 0 Å². The molecule has 1 atom stereocenters. The van der Waals surface area contributed by atoms with Crippen molar-refractivity contribution in [1.29, 1.82) is 5.26 Å². The molecule has 0 radical (unpaired) electrons. The van der Waals surface area contributed by atoms with Gasteiger partial charge < -0.3 is 9.72 Å². The molecule has 0 saturated carbocycles. The largest absolute Gasteiger partial charge is 0.368 e. The highest BCUT2D eigenvalue weighted by Crippen LogP contribution is 2.43. The molecule has 2 aliphatic heterocycles. The van der Waals surface area contributed by atoms with E-state index < -0.39 is 21.2 Å². The molecule has 4 aromatic heterocycles. The number of aryl methyl sites for hydroxylation is 1. The average Bonchev–Trinajstić information content (AvgIpc) is 3.80. The summed E-state index contributed by atoms with van der Waals surface area (Å²) in [4.78, 5) is 26.7. The van der Waals surface area contributed by atoms with Crippen LogP contribution in [0.2, 0.25) is 0 Å². The lowest BCUT2D eigenvalue weighted by Gasteiger charge is -2.47. The van der Waals surface area contributed by atoms with Crippen LogP contribution in [-0.2, 0) is 38.7 Å². The first-order valence-electron chi connectivity index (χ1n) is 15.7. The summed E-state index contributed by atoms with van der Waals surface area (Å²) >= 11 is 0. The van der Waals surface area contributed by atoms with Crippen LogP contribution in [0.5, 0.6) is 0 Å². The molecule has 0 spiro atoms. The SMILES string of the molecule is CCc1cccc2c3c([nH]c12)C(CC)(CC(=O)n1ccc2c(-c4cnn(C5(CC#N)CN(S(=O)(=O)CC)C5)c4)ncnc21)OCC3. The van der Waals surface area contributed by atoms with Crippen LogP contribution in [0.1, 0.15) is 61.6 Å². The van der Waals surface area contributed by atoms with Crippen molar-refractivity contribution in [3.63, 3.8) is 0 Å². The first-order chi connectivity index (χ1) is 22.2. The number of aromatic nitrogens is 6. The minimum absolute atomic E-state index is 0.00281. The number of fused-ring (bicyclic) bond motifs is 4. The van der Waals surface area contributed by atoms with Crippen LogP contribution in [0.3, 0.4) is 0 Å². The number of aromatic amines is 1. The van der Waals surface area contributed by atoms with Gasteiger partial charge in [0.15, 0.2) is 5.65 Å². The minimum atomic E-state index is -3.37. The maximum Gasteiger partial charge on any atom is 0.235 e. The summed E-state index contributed by atoms with van der Waals surface area (Å²) in [5.74, 6) is -0.137. The van der Waals surface area contributed by atoms with Gasteiger partial charge in [0.25, 0.3) is 0 Å². The first-order valence-corrected chi connectivity index (χ1v) is 17.3. The number of nitrogens with one attached hydrogen (secondary N) is 1. The normalized spacial score (nSPS) is 19.6. The molecule has 12 nitrogen and oxygen atoms in total. The molecule has 0 bridgehead atoms. The Balaban J connectivity index is 1.20. The van der Waals surface area contributed by atoms with Crippen LogP contribution < -0.4 is 0 Å². The Morgan fingerprint density at radius 3 is 2.72 bits per heavy atom. The minimum Gasteiger partial charge on any atom is -0.368 e. The fourth-order valence-corrected chi connectivity index (χ4v) is 8.37. The average molecular weight is 641 g/mol. The van der Waals surface area contributed by atoms with Gasteiger partial charge in [0, 0.05) is 47.3 Å². The van der Waals surface area contributed by atoms with E-state index in [-0.39, 0.29) is 37.6 Å². The van der Waals surface area contributed by atoms with Crippen LogP contribution in [0, 0.1) is 11.3 Å². The molecule has 5 aromatic rings. The number of nitrogens with zero attached hydrogens (tertiary/aromatic N) is 7. The molecule has 2 aliphatic rings. The number of nitriles is 1. The molecule has 0 amide bonds. The van der Waals surface area contributed by atoms with Gasteiger partial charge in [0.1, 0.15) is 17.5 Å². The fraction of sp³-hybridized carbons (Fsp3) is 0.424. The number of rotatable bonds is 9. The van der Waals surface area contributed by atoms with E-state index >= 15 is 0 Å². The Hall–Kier alpha value is -4.38. The Morgan fingerprint density at radius 1 is 1.15 bits per heavy atom. The lowest BCUT2D eigenvalue weighted by molar-refractivity contribution is -0.0667. The van der Waals surface area contributed by atoms with Crippen molar-refractivity contribution in [3.05, 3.63) is 66.0 Å². The van der Waals surface area contributed by atoms with E-state index in [4.69, 9.17) is 4.74 Å². The summed E-state index contributed by atoms with van der Waals surface area (Å²) < 4.78 is 35.9. The Kier molecular flexibility index (Phi) is 7.34. The van der Waals surface area contributed by atoms with Crippen LogP contribution in [0.25, 0.3) is 33.2 Å². The van der Waals surface area contributed by atoms with Crippen molar-refractivity contribution in [1.82, 2.24) is 33.6 Å².